The number of nitrogens with zero attached hydrogens (tertiary/aromatic N) is 3. The summed E-state index contributed by atoms with van der Waals surface area (Å²) in [6.07, 6.45) is 2.96. The van der Waals surface area contributed by atoms with Gasteiger partial charge in [-0.05, 0) is 57.2 Å². The van der Waals surface area contributed by atoms with E-state index in [1.54, 1.807) is 24.4 Å². The average molecular weight is 665 g/mol. The number of anilines is 1. The van der Waals surface area contributed by atoms with Crippen LogP contribution in [0.15, 0.2) is 59.2 Å². The van der Waals surface area contributed by atoms with Crippen LogP contribution in [0.2, 0.25) is 0 Å². The number of rotatable bonds is 8. The van der Waals surface area contributed by atoms with E-state index in [0.717, 1.165) is 0 Å². The topological polar surface area (TPSA) is 111 Å². The van der Waals surface area contributed by atoms with Gasteiger partial charge in [-0.1, -0.05) is 6.08 Å². The lowest BCUT2D eigenvalue weighted by atomic mass is 9.98. The first-order valence-electron chi connectivity index (χ1n) is 16.3. The van der Waals surface area contributed by atoms with Gasteiger partial charge in [0.15, 0.2) is 17.7 Å². The Balaban J connectivity index is 1.05. The quantitative estimate of drug-likeness (QED) is 0.410. The summed E-state index contributed by atoms with van der Waals surface area (Å²) in [5.74, 6) is -0.991. The zero-order valence-corrected chi connectivity index (χ0v) is 26.9. The van der Waals surface area contributed by atoms with Gasteiger partial charge >= 0.3 is 0 Å². The molecule has 4 heterocycles. The summed E-state index contributed by atoms with van der Waals surface area (Å²) in [5.41, 5.74) is 1.98. The minimum absolute atomic E-state index is 0.0160. The Morgan fingerprint density at radius 2 is 1.88 bits per heavy atom. The van der Waals surface area contributed by atoms with E-state index in [9.17, 15) is 14.0 Å². The van der Waals surface area contributed by atoms with Crippen molar-refractivity contribution in [2.45, 2.75) is 63.9 Å². The molecule has 0 saturated carbocycles. The largest absolute Gasteiger partial charge is 0.486 e. The number of carbonyl (C=O) groups excluding carboxylic acids is 2. The number of alkyl halides is 1. The predicted octanol–water partition coefficient (Wildman–Crippen LogP) is 4.53. The Kier molecular flexibility index (Phi) is 8.92. The second-order valence-electron chi connectivity index (χ2n) is 12.7. The van der Waals surface area contributed by atoms with Crippen LogP contribution in [-0.2, 0) is 19.1 Å². The van der Waals surface area contributed by atoms with Gasteiger partial charge in [-0.2, -0.15) is 0 Å². The molecule has 5 aliphatic rings. The van der Waals surface area contributed by atoms with E-state index in [1.165, 1.54) is 35.2 Å². The molecule has 48 heavy (non-hydrogen) atoms. The molecule has 4 unspecified atom stereocenters. The summed E-state index contributed by atoms with van der Waals surface area (Å²) in [7, 11) is 0. The highest BCUT2D eigenvalue weighted by atomic mass is 19.1. The van der Waals surface area contributed by atoms with Gasteiger partial charge in [-0.3, -0.25) is 24.4 Å². The van der Waals surface area contributed by atoms with Gasteiger partial charge in [0.2, 0.25) is 17.6 Å². The van der Waals surface area contributed by atoms with E-state index in [4.69, 9.17) is 23.7 Å². The number of halogens is 2. The maximum atomic E-state index is 15.7. The molecular weight excluding hydrogens is 626 g/mol. The molecule has 2 fully saturated rings. The predicted molar refractivity (Wildman–Crippen MR) is 172 cm³/mol. The van der Waals surface area contributed by atoms with Gasteiger partial charge < -0.3 is 29.0 Å². The lowest BCUT2D eigenvalue weighted by Crippen LogP contribution is -2.63. The molecule has 13 heteroatoms. The summed E-state index contributed by atoms with van der Waals surface area (Å²) < 4.78 is 58.9. The number of aliphatic imine (C=N–C) groups is 1. The molecule has 1 aliphatic carbocycles. The summed E-state index contributed by atoms with van der Waals surface area (Å²) in [6, 6.07) is 7.40. The van der Waals surface area contributed by atoms with E-state index in [1.807, 2.05) is 25.7 Å². The molecule has 2 amide bonds. The Morgan fingerprint density at radius 3 is 2.56 bits per heavy atom. The molecule has 0 radical (unpaired) electrons. The molecule has 4 aliphatic heterocycles. The molecule has 1 N–H and O–H groups in total. The number of carbonyl (C=O) groups is 2. The molecule has 2 aromatic rings. The molecular formula is C35H38F2N4O7. The van der Waals surface area contributed by atoms with E-state index in [0.29, 0.717) is 67.0 Å². The Labute approximate surface area is 277 Å². The van der Waals surface area contributed by atoms with Crippen molar-refractivity contribution in [3.8, 4) is 17.2 Å². The summed E-state index contributed by atoms with van der Waals surface area (Å²) in [6.45, 7) is 7.70. The Bertz CT molecular complexity index is 1660. The maximum absolute atomic E-state index is 15.7. The standard InChI is InChI=1S/C35H38F2N4O7/c1-19(2)40-16-25(35(43)41(20(40)3)23-7-4-21(36)5-8-23)34(42)39-22-6-9-28(26(37)14-22)48-29-10-11-38-27-15-30(47-24-17-44-18-24)32-33(31(27)29)46-13-12-45-32/h4-9,11,14-15,19-20,24-26,28-29H,10,12-13,16-18H2,1-3H3,(H,39,42)/t20?,25?,26?,28?,29-/m0/s1. The average Bonchev–Trinajstić information content (AvgIpc) is 3.04. The van der Waals surface area contributed by atoms with Gasteiger partial charge in [0.1, 0.15) is 37.2 Å². The second-order valence-corrected chi connectivity index (χ2v) is 12.7. The monoisotopic (exact) mass is 664 g/mol. The summed E-state index contributed by atoms with van der Waals surface area (Å²) in [4.78, 5) is 35.3. The third-order valence-corrected chi connectivity index (χ3v) is 9.14. The number of benzene rings is 2. The smallest absolute Gasteiger partial charge is 0.242 e. The van der Waals surface area contributed by atoms with E-state index in [-0.39, 0.29) is 30.6 Å². The molecule has 0 spiro atoms. The van der Waals surface area contributed by atoms with Gasteiger partial charge in [-0.25, -0.2) is 8.78 Å². The van der Waals surface area contributed by atoms with Crippen molar-refractivity contribution in [3.05, 3.63) is 65.6 Å². The highest BCUT2D eigenvalue weighted by Gasteiger charge is 2.43. The molecule has 254 valence electrons. The number of hydrogen-bond acceptors (Lipinski definition) is 9. The van der Waals surface area contributed by atoms with Crippen LogP contribution < -0.4 is 24.4 Å². The molecule has 0 aromatic heterocycles. The summed E-state index contributed by atoms with van der Waals surface area (Å²) >= 11 is 0. The third kappa shape index (κ3) is 6.17. The third-order valence-electron chi connectivity index (χ3n) is 9.14. The Morgan fingerprint density at radius 1 is 1.12 bits per heavy atom. The number of hydrogen-bond donors (Lipinski definition) is 1. The second kappa shape index (κ2) is 13.3. The zero-order valence-electron chi connectivity index (χ0n) is 26.9. The van der Waals surface area contributed by atoms with Crippen molar-refractivity contribution in [1.29, 1.82) is 0 Å². The van der Waals surface area contributed by atoms with Crippen LogP contribution in [0, 0.1) is 11.7 Å². The highest BCUT2D eigenvalue weighted by Crippen LogP contribution is 2.52. The van der Waals surface area contributed by atoms with Crippen LogP contribution in [0.25, 0.3) is 0 Å². The van der Waals surface area contributed by atoms with Crippen LogP contribution in [0.3, 0.4) is 0 Å². The number of nitrogens with one attached hydrogen (secondary N) is 1. The number of ether oxygens (including phenoxy) is 5. The van der Waals surface area contributed by atoms with Crippen molar-refractivity contribution >= 4 is 29.4 Å². The van der Waals surface area contributed by atoms with Crippen LogP contribution >= 0.6 is 0 Å². The van der Waals surface area contributed by atoms with Gasteiger partial charge in [0.05, 0.1) is 36.7 Å². The summed E-state index contributed by atoms with van der Waals surface area (Å²) in [5, 5.41) is 2.74. The van der Waals surface area contributed by atoms with Crippen molar-refractivity contribution < 1.29 is 42.1 Å². The molecule has 5 atom stereocenters. The first-order chi connectivity index (χ1) is 23.2. The van der Waals surface area contributed by atoms with Crippen molar-refractivity contribution in [2.75, 3.05) is 37.9 Å². The van der Waals surface area contributed by atoms with Crippen LogP contribution in [0.4, 0.5) is 20.2 Å². The fourth-order valence-electron chi connectivity index (χ4n) is 6.61. The molecule has 11 nitrogen and oxygen atoms in total. The van der Waals surface area contributed by atoms with Crippen LogP contribution in [0.5, 0.6) is 17.2 Å². The lowest BCUT2D eigenvalue weighted by Gasteiger charge is -2.46. The van der Waals surface area contributed by atoms with E-state index < -0.39 is 41.9 Å². The first kappa shape index (κ1) is 32.2. The van der Waals surface area contributed by atoms with E-state index in [2.05, 4.69) is 10.3 Å². The minimum atomic E-state index is -1.59. The van der Waals surface area contributed by atoms with Crippen molar-refractivity contribution in [2.24, 2.45) is 10.9 Å². The van der Waals surface area contributed by atoms with Gasteiger partial charge in [0.25, 0.3) is 0 Å². The Hall–Kier alpha value is -4.33. The molecule has 2 saturated heterocycles. The fraction of sp³-hybridized carbons (Fsp3) is 0.457. The maximum Gasteiger partial charge on any atom is 0.242 e. The zero-order chi connectivity index (χ0) is 33.5. The van der Waals surface area contributed by atoms with Crippen LogP contribution in [-0.4, -0.2) is 86.5 Å². The number of amides is 2. The van der Waals surface area contributed by atoms with Crippen LogP contribution in [0.1, 0.15) is 38.9 Å². The number of fused-ring (bicyclic) bond motifs is 3. The fourth-order valence-corrected chi connectivity index (χ4v) is 6.61. The molecule has 0 bridgehead atoms. The minimum Gasteiger partial charge on any atom is -0.486 e. The SMILES string of the molecule is CC(C)N1CC(C(=O)NC2=CC(F)C(O[C@H]3CC=Nc4cc(OC5COC5)c5c(c43)OCCO5)C=C2)C(=O)N(c2ccc(F)cc2)C1C. The number of allylic oxidation sites excluding steroid dienone is 1. The lowest BCUT2D eigenvalue weighted by molar-refractivity contribution is -0.138. The van der Waals surface area contributed by atoms with Gasteiger partial charge in [0, 0.05) is 42.7 Å². The highest BCUT2D eigenvalue weighted by molar-refractivity contribution is 6.09. The van der Waals surface area contributed by atoms with Crippen molar-refractivity contribution in [1.82, 2.24) is 10.2 Å². The van der Waals surface area contributed by atoms with Gasteiger partial charge in [-0.15, -0.1) is 0 Å². The molecule has 7 rings (SSSR count). The molecule has 2 aromatic carbocycles. The normalized spacial score (nSPS) is 27.0. The van der Waals surface area contributed by atoms with Crippen molar-refractivity contribution in [3.63, 3.8) is 0 Å². The first-order valence-corrected chi connectivity index (χ1v) is 16.3. The van der Waals surface area contributed by atoms with E-state index >= 15 is 4.39 Å².